The Hall–Kier alpha value is -2.66. The van der Waals surface area contributed by atoms with E-state index in [2.05, 4.69) is 52.3 Å². The van der Waals surface area contributed by atoms with Crippen molar-refractivity contribution in [2.45, 2.75) is 19.3 Å². The molecule has 2 aliphatic heterocycles. The van der Waals surface area contributed by atoms with Crippen LogP contribution in [0.1, 0.15) is 18.5 Å². The van der Waals surface area contributed by atoms with Crippen LogP contribution >= 0.6 is 11.3 Å². The number of aromatic nitrogens is 1. The van der Waals surface area contributed by atoms with Gasteiger partial charge in [-0.15, -0.1) is 11.3 Å². The minimum Gasteiger partial charge on any atom is -0.370 e. The smallest absolute Gasteiger partial charge is 0.228 e. The number of carbonyl (C=O) groups is 1. The molecule has 2 aliphatic rings. The second kappa shape index (κ2) is 7.64. The lowest BCUT2D eigenvalue weighted by Crippen LogP contribution is -2.63. The van der Waals surface area contributed by atoms with Crippen LogP contribution in [0.15, 0.2) is 66.0 Å². The Bertz CT molecular complexity index is 980. The van der Waals surface area contributed by atoms with Gasteiger partial charge in [0.1, 0.15) is 5.01 Å². The second-order valence-corrected chi connectivity index (χ2v) is 9.16. The van der Waals surface area contributed by atoms with E-state index in [-0.39, 0.29) is 11.3 Å². The summed E-state index contributed by atoms with van der Waals surface area (Å²) in [5.74, 6) is 0.215. The lowest BCUT2D eigenvalue weighted by atomic mass is 9.73. The molecule has 0 N–H and O–H groups in total. The number of likely N-dealkylation sites (tertiary alicyclic amines) is 1. The number of anilines is 1. The molecule has 2 aromatic carbocycles. The maximum atomic E-state index is 13.0. The summed E-state index contributed by atoms with van der Waals surface area (Å²) in [4.78, 5) is 22.2. The predicted octanol–water partition coefficient (Wildman–Crippen LogP) is 4.48. The van der Waals surface area contributed by atoms with Crippen LogP contribution in [0.5, 0.6) is 0 Å². The minimum absolute atomic E-state index is 0.215. The first kappa shape index (κ1) is 18.4. The van der Waals surface area contributed by atoms with Gasteiger partial charge in [-0.2, -0.15) is 0 Å². The SMILES string of the molecule is O=C(Cc1csc(-c2ccccc2)n1)N1CCCC2(C1)CN(c1ccccc1)C2. The number of amides is 1. The number of para-hydroxylation sites is 1. The molecule has 5 heteroatoms. The van der Waals surface area contributed by atoms with Gasteiger partial charge in [0.2, 0.25) is 5.91 Å². The zero-order valence-corrected chi connectivity index (χ0v) is 17.3. The molecule has 0 atom stereocenters. The van der Waals surface area contributed by atoms with Gasteiger partial charge in [0.25, 0.3) is 0 Å². The summed E-state index contributed by atoms with van der Waals surface area (Å²) < 4.78 is 0. The molecule has 1 spiro atoms. The average Bonchev–Trinajstić information content (AvgIpc) is 3.22. The van der Waals surface area contributed by atoms with Crippen molar-refractivity contribution in [2.24, 2.45) is 5.41 Å². The summed E-state index contributed by atoms with van der Waals surface area (Å²) in [5, 5.41) is 3.02. The van der Waals surface area contributed by atoms with Crippen molar-refractivity contribution >= 4 is 22.9 Å². The van der Waals surface area contributed by atoms with Crippen LogP contribution in [-0.4, -0.2) is 42.0 Å². The summed E-state index contributed by atoms with van der Waals surface area (Å²) in [6, 6.07) is 20.8. The van der Waals surface area contributed by atoms with Crippen LogP contribution in [0.3, 0.4) is 0 Å². The number of thiazole rings is 1. The Morgan fingerprint density at radius 3 is 2.48 bits per heavy atom. The number of hydrogen-bond acceptors (Lipinski definition) is 4. The molecule has 0 saturated carbocycles. The summed E-state index contributed by atoms with van der Waals surface area (Å²) in [6.07, 6.45) is 2.72. The van der Waals surface area contributed by atoms with Crippen LogP contribution in [0.2, 0.25) is 0 Å². The molecule has 3 heterocycles. The Morgan fingerprint density at radius 1 is 1.00 bits per heavy atom. The number of carbonyl (C=O) groups excluding carboxylic acids is 1. The van der Waals surface area contributed by atoms with Crippen molar-refractivity contribution < 1.29 is 4.79 Å². The normalized spacial score (nSPS) is 17.9. The highest BCUT2D eigenvalue weighted by molar-refractivity contribution is 7.13. The molecule has 148 valence electrons. The van der Waals surface area contributed by atoms with Gasteiger partial charge in [-0.1, -0.05) is 48.5 Å². The quantitative estimate of drug-likeness (QED) is 0.644. The highest BCUT2D eigenvalue weighted by Gasteiger charge is 2.46. The number of nitrogens with zero attached hydrogens (tertiary/aromatic N) is 3. The predicted molar refractivity (Wildman–Crippen MR) is 118 cm³/mol. The molecular formula is C24H25N3OS. The third-order valence-electron chi connectivity index (χ3n) is 6.09. The molecular weight excluding hydrogens is 378 g/mol. The largest absolute Gasteiger partial charge is 0.370 e. The molecule has 0 unspecified atom stereocenters. The molecule has 2 saturated heterocycles. The van der Waals surface area contributed by atoms with Crippen molar-refractivity contribution in [3.8, 4) is 10.6 Å². The first-order chi connectivity index (χ1) is 14.2. The van der Waals surface area contributed by atoms with Crippen molar-refractivity contribution in [3.05, 3.63) is 71.7 Å². The van der Waals surface area contributed by atoms with E-state index in [1.165, 1.54) is 12.1 Å². The average molecular weight is 404 g/mol. The second-order valence-electron chi connectivity index (χ2n) is 8.30. The standard InChI is InChI=1S/C24H25N3OS/c28-22(14-20-15-29-23(25-20)19-8-3-1-4-9-19)26-13-7-12-24(16-26)17-27(18-24)21-10-5-2-6-11-21/h1-6,8-11,15H,7,12-14,16-18H2. The molecule has 29 heavy (non-hydrogen) atoms. The van der Waals surface area contributed by atoms with Gasteiger partial charge in [-0.25, -0.2) is 4.98 Å². The zero-order chi connectivity index (χ0) is 19.7. The molecule has 0 radical (unpaired) electrons. The van der Waals surface area contributed by atoms with Crippen molar-refractivity contribution in [3.63, 3.8) is 0 Å². The van der Waals surface area contributed by atoms with Gasteiger partial charge in [0, 0.05) is 48.2 Å². The molecule has 1 amide bonds. The highest BCUT2D eigenvalue weighted by atomic mass is 32.1. The van der Waals surface area contributed by atoms with E-state index >= 15 is 0 Å². The lowest BCUT2D eigenvalue weighted by molar-refractivity contribution is -0.134. The number of hydrogen-bond donors (Lipinski definition) is 0. The fourth-order valence-electron chi connectivity index (χ4n) is 4.63. The Labute approximate surface area is 175 Å². The topological polar surface area (TPSA) is 36.4 Å². The lowest BCUT2D eigenvalue weighted by Gasteiger charge is -2.55. The molecule has 2 fully saturated rings. The molecule has 0 bridgehead atoms. The van der Waals surface area contributed by atoms with Crippen molar-refractivity contribution in [1.82, 2.24) is 9.88 Å². The van der Waals surface area contributed by atoms with Gasteiger partial charge in [0.05, 0.1) is 12.1 Å². The first-order valence-electron chi connectivity index (χ1n) is 10.3. The van der Waals surface area contributed by atoms with Gasteiger partial charge in [0.15, 0.2) is 0 Å². The highest BCUT2D eigenvalue weighted by Crippen LogP contribution is 2.41. The van der Waals surface area contributed by atoms with Gasteiger partial charge in [-0.05, 0) is 25.0 Å². The van der Waals surface area contributed by atoms with E-state index in [1.54, 1.807) is 11.3 Å². The minimum atomic E-state index is 0.215. The molecule has 5 rings (SSSR count). The van der Waals surface area contributed by atoms with Crippen LogP contribution in [0.25, 0.3) is 10.6 Å². The third kappa shape index (κ3) is 3.79. The number of benzene rings is 2. The van der Waals surface area contributed by atoms with Crippen LogP contribution in [-0.2, 0) is 11.2 Å². The summed E-state index contributed by atoms with van der Waals surface area (Å²) >= 11 is 1.62. The van der Waals surface area contributed by atoms with Gasteiger partial charge >= 0.3 is 0 Å². The maximum Gasteiger partial charge on any atom is 0.228 e. The fourth-order valence-corrected chi connectivity index (χ4v) is 5.46. The number of piperidine rings is 1. The Balaban J connectivity index is 1.21. The zero-order valence-electron chi connectivity index (χ0n) is 16.5. The van der Waals surface area contributed by atoms with Crippen LogP contribution < -0.4 is 4.90 Å². The summed E-state index contributed by atoms with van der Waals surface area (Å²) in [5.41, 5.74) is 3.56. The van der Waals surface area contributed by atoms with E-state index < -0.39 is 0 Å². The molecule has 3 aromatic rings. The molecule has 0 aliphatic carbocycles. The Morgan fingerprint density at radius 2 is 1.72 bits per heavy atom. The first-order valence-corrected chi connectivity index (χ1v) is 11.2. The van der Waals surface area contributed by atoms with E-state index in [0.29, 0.717) is 6.42 Å². The van der Waals surface area contributed by atoms with Crippen LogP contribution in [0.4, 0.5) is 5.69 Å². The van der Waals surface area contributed by atoms with Crippen LogP contribution in [0, 0.1) is 5.41 Å². The van der Waals surface area contributed by atoms with Crippen molar-refractivity contribution in [2.75, 3.05) is 31.1 Å². The van der Waals surface area contributed by atoms with Crippen molar-refractivity contribution in [1.29, 1.82) is 0 Å². The van der Waals surface area contributed by atoms with E-state index in [4.69, 9.17) is 4.98 Å². The summed E-state index contributed by atoms with van der Waals surface area (Å²) in [6.45, 7) is 3.86. The monoisotopic (exact) mass is 403 g/mol. The molecule has 1 aromatic heterocycles. The number of rotatable bonds is 4. The third-order valence-corrected chi connectivity index (χ3v) is 7.03. The van der Waals surface area contributed by atoms with Gasteiger partial charge < -0.3 is 9.80 Å². The summed E-state index contributed by atoms with van der Waals surface area (Å²) in [7, 11) is 0. The maximum absolute atomic E-state index is 13.0. The van der Waals surface area contributed by atoms with E-state index in [9.17, 15) is 4.79 Å². The Kier molecular flexibility index (Phi) is 4.84. The van der Waals surface area contributed by atoms with E-state index in [0.717, 1.165) is 48.9 Å². The molecule has 4 nitrogen and oxygen atoms in total. The van der Waals surface area contributed by atoms with Gasteiger partial charge in [-0.3, -0.25) is 4.79 Å². The fraction of sp³-hybridized carbons (Fsp3) is 0.333. The van der Waals surface area contributed by atoms with E-state index in [1.807, 2.05) is 23.6 Å².